The third-order valence-corrected chi connectivity index (χ3v) is 14.9. The molecule has 0 radical (unpaired) electrons. The number of methoxy groups -OCH3 is 2. The van der Waals surface area contributed by atoms with Crippen LogP contribution < -0.4 is 20.5 Å². The van der Waals surface area contributed by atoms with Crippen LogP contribution in [-0.4, -0.2) is 78.6 Å². The fraction of sp³-hybridized carbons (Fsp3) is 0.345. The summed E-state index contributed by atoms with van der Waals surface area (Å²) in [6.45, 7) is 10.3. The van der Waals surface area contributed by atoms with Crippen LogP contribution in [0.4, 0.5) is 10.6 Å². The maximum absolute atomic E-state index is 14.1. The third-order valence-electron chi connectivity index (χ3n) is 12.7. The smallest absolute Gasteiger partial charge is 0.412 e. The molecule has 364 valence electrons. The minimum atomic E-state index is -1.73. The molecule has 14 nitrogen and oxygen atoms in total. The second-order valence-electron chi connectivity index (χ2n) is 17.8. The van der Waals surface area contributed by atoms with Crippen molar-refractivity contribution < 1.29 is 37.5 Å². The highest BCUT2D eigenvalue weighted by molar-refractivity contribution is 7.44. The number of benzene rings is 5. The molecule has 2 aliphatic rings. The van der Waals surface area contributed by atoms with E-state index in [0.717, 1.165) is 38.9 Å². The van der Waals surface area contributed by atoms with Gasteiger partial charge in [-0.3, -0.25) is 9.88 Å². The molecule has 0 saturated carbocycles. The van der Waals surface area contributed by atoms with Gasteiger partial charge in [-0.25, -0.2) is 14.3 Å². The van der Waals surface area contributed by atoms with Gasteiger partial charge in [0.25, 0.3) is 8.53 Å². The molecular weight excluding hydrogens is 906 g/mol. The van der Waals surface area contributed by atoms with Crippen LogP contribution >= 0.6 is 8.53 Å². The van der Waals surface area contributed by atoms with Crippen molar-refractivity contribution in [3.05, 3.63) is 177 Å². The molecule has 1 aromatic heterocycles. The maximum atomic E-state index is 14.1. The summed E-state index contributed by atoms with van der Waals surface area (Å²) in [4.78, 5) is 31.8. The van der Waals surface area contributed by atoms with E-state index in [1.54, 1.807) is 27.3 Å². The van der Waals surface area contributed by atoms with Gasteiger partial charge < -0.3 is 32.7 Å². The molecule has 6 aromatic rings. The van der Waals surface area contributed by atoms with Crippen molar-refractivity contribution in [1.29, 1.82) is 5.26 Å². The monoisotopic (exact) mass is 965 g/mol. The maximum Gasteiger partial charge on any atom is 0.412 e. The first-order valence-electron chi connectivity index (χ1n) is 23.6. The van der Waals surface area contributed by atoms with Crippen LogP contribution in [0.15, 0.2) is 138 Å². The summed E-state index contributed by atoms with van der Waals surface area (Å²) in [7, 11) is 1.52. The number of aryl methyl sites for hydroxylation is 1. The second kappa shape index (κ2) is 22.5. The fourth-order valence-corrected chi connectivity index (χ4v) is 11.2. The molecule has 70 heavy (non-hydrogen) atoms. The Morgan fingerprint density at radius 3 is 1.94 bits per heavy atom. The molecule has 1 N–H and O–H groups in total. The summed E-state index contributed by atoms with van der Waals surface area (Å²) in [5.41, 5.74) is 5.64. The van der Waals surface area contributed by atoms with Crippen molar-refractivity contribution in [1.82, 2.24) is 14.2 Å². The lowest BCUT2D eigenvalue weighted by molar-refractivity contribution is -0.0925. The summed E-state index contributed by atoms with van der Waals surface area (Å²) >= 11 is 0. The van der Waals surface area contributed by atoms with Crippen molar-refractivity contribution >= 4 is 20.4 Å². The predicted octanol–water partition coefficient (Wildman–Crippen LogP) is 10.9. The molecule has 15 heteroatoms. The van der Waals surface area contributed by atoms with Crippen LogP contribution in [0.25, 0.3) is 11.1 Å². The number of nitrogens with zero attached hydrogens (tertiary/aromatic N) is 4. The van der Waals surface area contributed by atoms with Crippen molar-refractivity contribution in [2.75, 3.05) is 39.4 Å². The number of aromatic nitrogens is 2. The van der Waals surface area contributed by atoms with Crippen LogP contribution in [0.3, 0.4) is 0 Å². The lowest BCUT2D eigenvalue weighted by atomic mass is 9.80. The van der Waals surface area contributed by atoms with Gasteiger partial charge in [0.05, 0.1) is 46.0 Å². The molecule has 1 aliphatic heterocycles. The zero-order valence-corrected chi connectivity index (χ0v) is 41.5. The van der Waals surface area contributed by atoms with E-state index in [-0.39, 0.29) is 56.5 Å². The number of amides is 1. The minimum absolute atomic E-state index is 0.00142. The average molecular weight is 966 g/mol. The molecule has 1 amide bonds. The van der Waals surface area contributed by atoms with Crippen LogP contribution in [0, 0.1) is 18.3 Å². The minimum Gasteiger partial charge on any atom is -0.497 e. The fourth-order valence-electron chi connectivity index (χ4n) is 9.45. The molecule has 1 aliphatic carbocycles. The summed E-state index contributed by atoms with van der Waals surface area (Å²) in [5, 5.41) is 12.2. The average Bonchev–Trinajstić information content (AvgIpc) is 3.92. The van der Waals surface area contributed by atoms with E-state index >= 15 is 0 Å². The number of hydrogen-bond acceptors (Lipinski definition) is 12. The van der Waals surface area contributed by atoms with Gasteiger partial charge in [-0.2, -0.15) is 10.2 Å². The first-order chi connectivity index (χ1) is 33.9. The van der Waals surface area contributed by atoms with Crippen molar-refractivity contribution in [2.45, 2.75) is 89.5 Å². The summed E-state index contributed by atoms with van der Waals surface area (Å²) in [6, 6.07) is 44.0. The van der Waals surface area contributed by atoms with Crippen molar-refractivity contribution in [3.8, 4) is 28.7 Å². The molecule has 5 aromatic carbocycles. The molecule has 8 rings (SSSR count). The van der Waals surface area contributed by atoms with Gasteiger partial charge >= 0.3 is 11.8 Å². The van der Waals surface area contributed by atoms with E-state index < -0.39 is 44.3 Å². The molecule has 1 saturated heterocycles. The van der Waals surface area contributed by atoms with Crippen LogP contribution in [0.2, 0.25) is 0 Å². The Labute approximate surface area is 411 Å². The van der Waals surface area contributed by atoms with Gasteiger partial charge in [0.2, 0.25) is 0 Å². The Bertz CT molecular complexity index is 2720. The van der Waals surface area contributed by atoms with E-state index in [1.807, 2.05) is 103 Å². The highest BCUT2D eigenvalue weighted by atomic mass is 31.2. The SMILES string of the molecule is COc1ccc(C(OC[C@H]2O[C@@H](n3cc(C)c(NC(=O)OCC4c5ccccc5-c5ccccc54)nc3=O)C[C@@H]2OP(OCCC#N)N(C(C)C)C(C)C)(c2ccccc2)c2ccc(OC)cc2)cc1. The second-order valence-corrected chi connectivity index (χ2v) is 19.2. The Balaban J connectivity index is 1.10. The van der Waals surface area contributed by atoms with Crippen LogP contribution in [0.5, 0.6) is 11.5 Å². The lowest BCUT2D eigenvalue weighted by Gasteiger charge is -2.39. The highest BCUT2D eigenvalue weighted by Crippen LogP contribution is 2.51. The number of ether oxygens (including phenoxy) is 5. The van der Waals surface area contributed by atoms with E-state index in [9.17, 15) is 14.9 Å². The summed E-state index contributed by atoms with van der Waals surface area (Å²) < 4.78 is 48.1. The van der Waals surface area contributed by atoms with E-state index in [1.165, 1.54) is 4.57 Å². The van der Waals surface area contributed by atoms with Gasteiger partial charge in [0.15, 0.2) is 0 Å². The van der Waals surface area contributed by atoms with Crippen molar-refractivity contribution in [3.63, 3.8) is 0 Å². The Morgan fingerprint density at radius 1 is 0.829 bits per heavy atom. The number of rotatable bonds is 20. The number of anilines is 1. The Hall–Kier alpha value is -6.43. The number of carbonyl (C=O) groups excluding carboxylic acids is 1. The van der Waals surface area contributed by atoms with Crippen LogP contribution in [0.1, 0.15) is 86.1 Å². The third kappa shape index (κ3) is 10.7. The first kappa shape index (κ1) is 50.0. The van der Waals surface area contributed by atoms with Gasteiger partial charge in [0.1, 0.15) is 41.9 Å². The molecular formula is C55H60N5O9P. The molecule has 4 atom stereocenters. The van der Waals surface area contributed by atoms with E-state index in [2.05, 4.69) is 73.0 Å². The van der Waals surface area contributed by atoms with Gasteiger partial charge in [-0.05, 0) is 97.8 Å². The Morgan fingerprint density at radius 2 is 1.39 bits per heavy atom. The van der Waals surface area contributed by atoms with Gasteiger partial charge in [-0.1, -0.05) is 103 Å². The summed E-state index contributed by atoms with van der Waals surface area (Å²) in [5.74, 6) is 1.32. The number of nitriles is 1. The summed E-state index contributed by atoms with van der Waals surface area (Å²) in [6.07, 6.45) is -0.951. The molecule has 1 fully saturated rings. The topological polar surface area (TPSA) is 156 Å². The van der Waals surface area contributed by atoms with Crippen LogP contribution in [-0.2, 0) is 28.9 Å². The Kier molecular flexibility index (Phi) is 16.1. The lowest BCUT2D eigenvalue weighted by Crippen LogP contribution is -2.39. The first-order valence-corrected chi connectivity index (χ1v) is 24.7. The zero-order valence-electron chi connectivity index (χ0n) is 40.6. The van der Waals surface area contributed by atoms with E-state index in [4.69, 9.17) is 32.7 Å². The molecule has 1 unspecified atom stereocenters. The van der Waals surface area contributed by atoms with Crippen molar-refractivity contribution in [2.24, 2.45) is 0 Å². The quantitative estimate of drug-likeness (QED) is 0.0440. The largest absolute Gasteiger partial charge is 0.497 e. The van der Waals surface area contributed by atoms with Gasteiger partial charge in [0, 0.05) is 36.2 Å². The molecule has 0 spiro atoms. The highest BCUT2D eigenvalue weighted by Gasteiger charge is 2.45. The number of carbonyl (C=O) groups is 1. The van der Waals surface area contributed by atoms with E-state index in [0.29, 0.717) is 17.1 Å². The predicted molar refractivity (Wildman–Crippen MR) is 269 cm³/mol. The number of hydrogen-bond donors (Lipinski definition) is 1. The number of nitrogens with one attached hydrogen (secondary N) is 1. The number of fused-ring (bicyclic) bond motifs is 3. The zero-order chi connectivity index (χ0) is 49.4. The standard InChI is InChI=1S/C55H60N5O9P/c1-36(2)60(37(3)4)70(67-31-15-30-56)69-49-32-51(59-33-38(5)52(57-53(59)61)58-54(62)65-34-48-46-20-13-11-18-44(46)45-19-12-14-21-47(45)48)68-50(49)35-66-55(39-16-9-8-10-17-39,40-22-26-42(63-6)27-23-40)41-24-28-43(64-7)29-25-41/h8-14,16-29,33,36-37,48-51H,15,31-32,34-35H2,1-7H3,(H,57,58,61,62)/t49-,50+,51+,70?/m0/s1. The molecule has 0 bridgehead atoms. The molecule has 2 heterocycles. The van der Waals surface area contributed by atoms with Gasteiger partial charge in [-0.15, -0.1) is 0 Å². The normalized spacial score (nSPS) is 17.0.